The van der Waals surface area contributed by atoms with Gasteiger partial charge in [-0.1, -0.05) is 39.2 Å². The molecule has 156 valence electrons. The van der Waals surface area contributed by atoms with Crippen LogP contribution in [0.15, 0.2) is 30.5 Å². The smallest absolute Gasteiger partial charge is 0.171 e. The summed E-state index contributed by atoms with van der Waals surface area (Å²) in [5.74, 6) is 1.32. The van der Waals surface area contributed by atoms with Gasteiger partial charge in [0.1, 0.15) is 11.7 Å². The summed E-state index contributed by atoms with van der Waals surface area (Å²) >= 11 is 0. The highest BCUT2D eigenvalue weighted by atomic mass is 15.3. The lowest BCUT2D eigenvalue weighted by molar-refractivity contribution is 0.427. The Balaban J connectivity index is 1.90. The van der Waals surface area contributed by atoms with Crippen molar-refractivity contribution in [3.8, 4) is 0 Å². The van der Waals surface area contributed by atoms with Crippen LogP contribution in [0.4, 0.5) is 11.5 Å². The van der Waals surface area contributed by atoms with E-state index in [4.69, 9.17) is 10.8 Å². The van der Waals surface area contributed by atoms with Crippen molar-refractivity contribution in [3.63, 3.8) is 0 Å². The Morgan fingerprint density at radius 3 is 2.62 bits per heavy atom. The molecule has 0 aliphatic heterocycles. The van der Waals surface area contributed by atoms with Crippen molar-refractivity contribution in [2.45, 2.75) is 71.4 Å². The van der Waals surface area contributed by atoms with E-state index in [0.717, 1.165) is 44.2 Å². The van der Waals surface area contributed by atoms with E-state index in [1.54, 1.807) is 6.20 Å². The summed E-state index contributed by atoms with van der Waals surface area (Å²) in [6.07, 6.45) is 9.32. The van der Waals surface area contributed by atoms with Crippen molar-refractivity contribution in [3.05, 3.63) is 41.6 Å². The number of pyridine rings is 1. The zero-order valence-corrected chi connectivity index (χ0v) is 17.5. The molecule has 0 aromatic carbocycles. The molecule has 1 aliphatic rings. The standard InChI is InChI=1S/C22H33N7/c1-3-17(4-2)27-20-14-19(26-15-18-12-8-9-13-25-18)22(24)29(28-20)21(23)16-10-6-5-7-11-16/h8-9,12-14,16-17,23-24,26H,3-7,10-11,15H2,1-2H3,(H,27,28). The molecule has 1 aliphatic carbocycles. The van der Waals surface area contributed by atoms with Crippen LogP contribution >= 0.6 is 0 Å². The average molecular weight is 396 g/mol. The zero-order valence-electron chi connectivity index (χ0n) is 17.5. The summed E-state index contributed by atoms with van der Waals surface area (Å²) in [4.78, 5) is 4.35. The molecule has 29 heavy (non-hydrogen) atoms. The second-order valence-electron chi connectivity index (χ2n) is 7.76. The van der Waals surface area contributed by atoms with Crippen molar-refractivity contribution >= 4 is 17.3 Å². The van der Waals surface area contributed by atoms with Crippen LogP contribution in [0.1, 0.15) is 64.5 Å². The summed E-state index contributed by atoms with van der Waals surface area (Å²) in [6, 6.07) is 8.01. The highest BCUT2D eigenvalue weighted by Gasteiger charge is 2.22. The lowest BCUT2D eigenvalue weighted by atomic mass is 9.88. The molecule has 0 saturated heterocycles. The molecule has 0 amide bonds. The normalized spacial score (nSPS) is 14.7. The van der Waals surface area contributed by atoms with Crippen molar-refractivity contribution in [1.82, 2.24) is 14.8 Å². The first-order chi connectivity index (χ1) is 14.1. The minimum atomic E-state index is 0.178. The van der Waals surface area contributed by atoms with Crippen LogP contribution in [0.5, 0.6) is 0 Å². The molecule has 0 atom stereocenters. The maximum absolute atomic E-state index is 8.74. The first kappa shape index (κ1) is 21.0. The third-order valence-electron chi connectivity index (χ3n) is 5.70. The van der Waals surface area contributed by atoms with E-state index in [1.807, 2.05) is 24.3 Å². The fourth-order valence-corrected chi connectivity index (χ4v) is 3.82. The number of hydrogen-bond acceptors (Lipinski definition) is 6. The third-order valence-corrected chi connectivity index (χ3v) is 5.70. The van der Waals surface area contributed by atoms with Gasteiger partial charge in [-0.3, -0.25) is 15.8 Å². The van der Waals surface area contributed by atoms with Gasteiger partial charge in [0.05, 0.1) is 17.9 Å². The number of nitrogens with one attached hydrogen (secondary N) is 4. The monoisotopic (exact) mass is 395 g/mol. The lowest BCUT2D eigenvalue weighted by Gasteiger charge is -2.24. The van der Waals surface area contributed by atoms with Gasteiger partial charge in [-0.05, 0) is 37.8 Å². The molecule has 0 radical (unpaired) electrons. The molecule has 2 aromatic rings. The van der Waals surface area contributed by atoms with Gasteiger partial charge in [0.2, 0.25) is 0 Å². The number of aromatic nitrogens is 3. The van der Waals surface area contributed by atoms with E-state index < -0.39 is 0 Å². The molecular weight excluding hydrogens is 362 g/mol. The van der Waals surface area contributed by atoms with Crippen LogP contribution in [0.25, 0.3) is 0 Å². The number of rotatable bonds is 8. The van der Waals surface area contributed by atoms with Gasteiger partial charge >= 0.3 is 0 Å². The molecule has 0 bridgehead atoms. The van der Waals surface area contributed by atoms with Crippen LogP contribution in [-0.4, -0.2) is 26.6 Å². The predicted molar refractivity (Wildman–Crippen MR) is 117 cm³/mol. The van der Waals surface area contributed by atoms with Crippen molar-refractivity contribution in [2.75, 3.05) is 10.6 Å². The van der Waals surface area contributed by atoms with E-state index in [-0.39, 0.29) is 11.4 Å². The Labute approximate surface area is 173 Å². The summed E-state index contributed by atoms with van der Waals surface area (Å²) in [5.41, 5.74) is 1.80. The minimum absolute atomic E-state index is 0.178. The van der Waals surface area contributed by atoms with E-state index in [0.29, 0.717) is 29.9 Å². The second kappa shape index (κ2) is 10.2. The van der Waals surface area contributed by atoms with Crippen LogP contribution < -0.4 is 16.1 Å². The van der Waals surface area contributed by atoms with Crippen LogP contribution in [0.3, 0.4) is 0 Å². The van der Waals surface area contributed by atoms with Crippen molar-refractivity contribution in [1.29, 1.82) is 10.8 Å². The highest BCUT2D eigenvalue weighted by molar-refractivity contribution is 5.83. The second-order valence-corrected chi connectivity index (χ2v) is 7.76. The Morgan fingerprint density at radius 1 is 1.21 bits per heavy atom. The van der Waals surface area contributed by atoms with Gasteiger partial charge in [-0.2, -0.15) is 4.68 Å². The quantitative estimate of drug-likeness (QED) is 0.393. The molecule has 4 N–H and O–H groups in total. The Morgan fingerprint density at radius 2 is 1.97 bits per heavy atom. The summed E-state index contributed by atoms with van der Waals surface area (Å²) < 4.78 is 1.52. The van der Waals surface area contributed by atoms with Gasteiger partial charge in [0, 0.05) is 24.2 Å². The van der Waals surface area contributed by atoms with Gasteiger partial charge in [-0.25, -0.2) is 0 Å². The zero-order chi connectivity index (χ0) is 20.6. The van der Waals surface area contributed by atoms with E-state index in [9.17, 15) is 0 Å². The molecule has 2 aromatic heterocycles. The molecule has 1 saturated carbocycles. The number of anilines is 2. The molecule has 2 heterocycles. The van der Waals surface area contributed by atoms with E-state index >= 15 is 0 Å². The highest BCUT2D eigenvalue weighted by Crippen LogP contribution is 2.25. The molecule has 0 unspecified atom stereocenters. The van der Waals surface area contributed by atoms with E-state index in [1.165, 1.54) is 11.1 Å². The molecule has 0 spiro atoms. The largest absolute Gasteiger partial charge is 0.376 e. The van der Waals surface area contributed by atoms with E-state index in [2.05, 4.69) is 34.6 Å². The minimum Gasteiger partial charge on any atom is -0.376 e. The van der Waals surface area contributed by atoms with Crippen LogP contribution in [0, 0.1) is 16.7 Å². The van der Waals surface area contributed by atoms with Gasteiger partial charge in [-0.15, -0.1) is 5.10 Å². The molecule has 3 rings (SSSR count). The first-order valence-electron chi connectivity index (χ1n) is 10.8. The van der Waals surface area contributed by atoms with Crippen molar-refractivity contribution in [2.24, 2.45) is 5.92 Å². The number of hydrogen-bond donors (Lipinski definition) is 4. The van der Waals surface area contributed by atoms with Gasteiger partial charge < -0.3 is 10.6 Å². The predicted octanol–water partition coefficient (Wildman–Crippen LogP) is 4.38. The Kier molecular flexibility index (Phi) is 7.38. The molecule has 7 heteroatoms. The Hall–Kier alpha value is -2.70. The third kappa shape index (κ3) is 5.43. The average Bonchev–Trinajstić information content (AvgIpc) is 2.78. The maximum Gasteiger partial charge on any atom is 0.171 e. The fraction of sp³-hybridized carbons (Fsp3) is 0.545. The van der Waals surface area contributed by atoms with Crippen LogP contribution in [0.2, 0.25) is 0 Å². The topological polar surface area (TPSA) is 102 Å². The molecule has 1 fully saturated rings. The van der Waals surface area contributed by atoms with Gasteiger partial charge in [0.25, 0.3) is 0 Å². The number of nitrogens with zero attached hydrogens (tertiary/aromatic N) is 3. The maximum atomic E-state index is 8.74. The van der Waals surface area contributed by atoms with Crippen LogP contribution in [-0.2, 0) is 6.54 Å². The fourth-order valence-electron chi connectivity index (χ4n) is 3.82. The van der Waals surface area contributed by atoms with Gasteiger partial charge in [0.15, 0.2) is 5.49 Å². The SMILES string of the molecule is CCC(CC)Nc1cc(NCc2ccccn2)c(=N)n(C(=N)C2CCCCC2)n1. The summed E-state index contributed by atoms with van der Waals surface area (Å²) in [5, 5.41) is 28.9. The Bertz CT molecular complexity index is 849. The first-order valence-corrected chi connectivity index (χ1v) is 10.8. The lowest BCUT2D eigenvalue weighted by Crippen LogP contribution is -2.37. The molecular formula is C22H33N7. The summed E-state index contributed by atoms with van der Waals surface area (Å²) in [7, 11) is 0. The van der Waals surface area contributed by atoms with Crippen molar-refractivity contribution < 1.29 is 0 Å². The summed E-state index contributed by atoms with van der Waals surface area (Å²) in [6.45, 7) is 4.83. The molecule has 7 nitrogen and oxygen atoms in total.